The lowest BCUT2D eigenvalue weighted by Gasteiger charge is -2.06. The van der Waals surface area contributed by atoms with Gasteiger partial charge in [-0.3, -0.25) is 4.79 Å². The first kappa shape index (κ1) is 12.0. The Bertz CT molecular complexity index is 546. The molecule has 6 heteroatoms. The zero-order valence-corrected chi connectivity index (χ0v) is 10.1. The van der Waals surface area contributed by atoms with Crippen molar-refractivity contribution in [3.8, 4) is 11.4 Å². The summed E-state index contributed by atoms with van der Waals surface area (Å²) >= 11 is 11.8. The Morgan fingerprint density at radius 1 is 1.29 bits per heavy atom. The van der Waals surface area contributed by atoms with Crippen LogP contribution in [0, 0.1) is 0 Å². The molecule has 17 heavy (non-hydrogen) atoms. The Labute approximate surface area is 107 Å². The van der Waals surface area contributed by atoms with Crippen molar-refractivity contribution in [2.75, 3.05) is 0 Å². The fourth-order valence-corrected chi connectivity index (χ4v) is 2.05. The largest absolute Gasteiger partial charge is 0.480 e. The van der Waals surface area contributed by atoms with Gasteiger partial charge >= 0.3 is 5.97 Å². The van der Waals surface area contributed by atoms with Gasteiger partial charge in [0.05, 0.1) is 0 Å². The van der Waals surface area contributed by atoms with Crippen LogP contribution in [0.3, 0.4) is 0 Å². The van der Waals surface area contributed by atoms with Crippen LogP contribution in [0.1, 0.15) is 0 Å². The molecule has 1 heterocycles. The number of aromatic nitrogens is 2. The van der Waals surface area contributed by atoms with E-state index in [1.54, 1.807) is 24.4 Å². The lowest BCUT2D eigenvalue weighted by atomic mass is 10.2. The van der Waals surface area contributed by atoms with Gasteiger partial charge in [-0.25, -0.2) is 4.98 Å². The van der Waals surface area contributed by atoms with Gasteiger partial charge in [-0.15, -0.1) is 0 Å². The van der Waals surface area contributed by atoms with Crippen molar-refractivity contribution in [1.82, 2.24) is 9.55 Å². The van der Waals surface area contributed by atoms with Crippen molar-refractivity contribution < 1.29 is 9.90 Å². The molecule has 1 N–H and O–H groups in total. The fourth-order valence-electron chi connectivity index (χ4n) is 1.53. The molecule has 0 radical (unpaired) electrons. The number of imidazole rings is 1. The van der Waals surface area contributed by atoms with Crippen molar-refractivity contribution in [1.29, 1.82) is 0 Å². The molecule has 2 aromatic rings. The molecular formula is C11H8Cl2N2O2. The highest BCUT2D eigenvalue weighted by atomic mass is 35.5. The van der Waals surface area contributed by atoms with Crippen molar-refractivity contribution >= 4 is 29.2 Å². The summed E-state index contributed by atoms with van der Waals surface area (Å²) in [5, 5.41) is 9.73. The number of nitrogens with zero attached hydrogens (tertiary/aromatic N) is 2. The third-order valence-corrected chi connectivity index (χ3v) is 2.58. The Kier molecular flexibility index (Phi) is 3.36. The smallest absolute Gasteiger partial charge is 0.323 e. The average Bonchev–Trinajstić information content (AvgIpc) is 2.63. The zero-order chi connectivity index (χ0) is 12.4. The van der Waals surface area contributed by atoms with E-state index < -0.39 is 5.97 Å². The van der Waals surface area contributed by atoms with E-state index in [4.69, 9.17) is 28.3 Å². The highest BCUT2D eigenvalue weighted by Gasteiger charge is 2.10. The van der Waals surface area contributed by atoms with Crippen LogP contribution in [-0.4, -0.2) is 20.6 Å². The van der Waals surface area contributed by atoms with Crippen molar-refractivity contribution in [2.24, 2.45) is 0 Å². The summed E-state index contributed by atoms with van der Waals surface area (Å²) in [5.74, 6) is -0.408. The van der Waals surface area contributed by atoms with E-state index in [1.807, 2.05) is 0 Å². The Morgan fingerprint density at radius 3 is 2.53 bits per heavy atom. The minimum atomic E-state index is -0.933. The van der Waals surface area contributed by atoms with E-state index in [9.17, 15) is 4.79 Å². The summed E-state index contributed by atoms with van der Waals surface area (Å²) in [6, 6.07) is 4.99. The van der Waals surface area contributed by atoms with Crippen LogP contribution in [0.25, 0.3) is 11.4 Å². The van der Waals surface area contributed by atoms with Crippen LogP contribution in [-0.2, 0) is 11.3 Å². The van der Waals surface area contributed by atoms with Crippen LogP contribution in [0.4, 0.5) is 0 Å². The van der Waals surface area contributed by atoms with Gasteiger partial charge < -0.3 is 9.67 Å². The number of carboxylic acids is 1. The number of rotatable bonds is 3. The maximum atomic E-state index is 10.7. The second-order valence-electron chi connectivity index (χ2n) is 3.43. The first-order chi connectivity index (χ1) is 8.06. The molecule has 0 aliphatic carbocycles. The molecule has 0 fully saturated rings. The first-order valence-corrected chi connectivity index (χ1v) is 5.51. The van der Waals surface area contributed by atoms with Gasteiger partial charge in [0.2, 0.25) is 0 Å². The molecule has 4 nitrogen and oxygen atoms in total. The third kappa shape index (κ3) is 2.78. The van der Waals surface area contributed by atoms with Gasteiger partial charge in [0.15, 0.2) is 0 Å². The summed E-state index contributed by atoms with van der Waals surface area (Å²) in [4.78, 5) is 14.8. The average molecular weight is 271 g/mol. The molecule has 0 amide bonds. The van der Waals surface area contributed by atoms with Crippen molar-refractivity contribution in [3.05, 3.63) is 40.6 Å². The molecule has 88 valence electrons. The molecule has 1 aromatic carbocycles. The van der Waals surface area contributed by atoms with E-state index in [0.29, 0.717) is 21.4 Å². The van der Waals surface area contributed by atoms with Crippen LogP contribution in [0.5, 0.6) is 0 Å². The van der Waals surface area contributed by atoms with Gasteiger partial charge in [-0.1, -0.05) is 23.2 Å². The lowest BCUT2D eigenvalue weighted by molar-refractivity contribution is -0.137. The number of halogens is 2. The van der Waals surface area contributed by atoms with Gasteiger partial charge in [-0.05, 0) is 18.2 Å². The molecule has 0 aliphatic rings. The third-order valence-electron chi connectivity index (χ3n) is 2.14. The monoisotopic (exact) mass is 270 g/mol. The number of carbonyl (C=O) groups is 1. The molecule has 2 rings (SSSR count). The van der Waals surface area contributed by atoms with Crippen molar-refractivity contribution in [2.45, 2.75) is 6.54 Å². The minimum absolute atomic E-state index is 0.153. The van der Waals surface area contributed by atoms with Crippen LogP contribution < -0.4 is 0 Å². The SMILES string of the molecule is O=C(O)Cn1ccnc1-c1cc(Cl)cc(Cl)c1. The topological polar surface area (TPSA) is 55.1 Å². The number of aliphatic carboxylic acids is 1. The van der Waals surface area contributed by atoms with Crippen LogP contribution >= 0.6 is 23.2 Å². The number of hydrogen-bond donors (Lipinski definition) is 1. The molecule has 0 saturated carbocycles. The van der Waals surface area contributed by atoms with Crippen molar-refractivity contribution in [3.63, 3.8) is 0 Å². The van der Waals surface area contributed by atoms with Gasteiger partial charge in [0.1, 0.15) is 12.4 Å². The Morgan fingerprint density at radius 2 is 1.94 bits per heavy atom. The first-order valence-electron chi connectivity index (χ1n) is 4.75. The Balaban J connectivity index is 2.45. The number of benzene rings is 1. The molecule has 1 aromatic heterocycles. The molecule has 0 atom stereocenters. The van der Waals surface area contributed by atoms with E-state index in [2.05, 4.69) is 4.98 Å². The maximum absolute atomic E-state index is 10.7. The predicted molar refractivity (Wildman–Crippen MR) is 65.3 cm³/mol. The van der Waals surface area contributed by atoms with Crippen LogP contribution in [0.15, 0.2) is 30.6 Å². The number of carboxylic acid groups (broad SMARTS) is 1. The van der Waals surface area contributed by atoms with E-state index >= 15 is 0 Å². The minimum Gasteiger partial charge on any atom is -0.480 e. The predicted octanol–water partition coefficient (Wildman–Crippen LogP) is 2.94. The summed E-state index contributed by atoms with van der Waals surface area (Å²) in [6.07, 6.45) is 3.13. The van der Waals surface area contributed by atoms with E-state index in [1.165, 1.54) is 10.8 Å². The summed E-state index contributed by atoms with van der Waals surface area (Å²) in [5.41, 5.74) is 0.689. The Hall–Kier alpha value is -1.52. The second-order valence-corrected chi connectivity index (χ2v) is 4.30. The molecule has 0 unspecified atom stereocenters. The normalized spacial score (nSPS) is 10.5. The second kappa shape index (κ2) is 4.77. The zero-order valence-electron chi connectivity index (χ0n) is 8.60. The van der Waals surface area contributed by atoms with E-state index in [0.717, 1.165) is 0 Å². The fraction of sp³-hybridized carbons (Fsp3) is 0.0909. The molecular weight excluding hydrogens is 263 g/mol. The highest BCUT2D eigenvalue weighted by Crippen LogP contribution is 2.26. The molecule has 0 saturated heterocycles. The summed E-state index contributed by atoms with van der Waals surface area (Å²) in [7, 11) is 0. The molecule has 0 spiro atoms. The summed E-state index contributed by atoms with van der Waals surface area (Å²) < 4.78 is 1.52. The molecule has 0 aliphatic heterocycles. The van der Waals surface area contributed by atoms with Gasteiger partial charge in [-0.2, -0.15) is 0 Å². The lowest BCUT2D eigenvalue weighted by Crippen LogP contribution is -2.09. The van der Waals surface area contributed by atoms with E-state index in [-0.39, 0.29) is 6.54 Å². The van der Waals surface area contributed by atoms with Crippen LogP contribution in [0.2, 0.25) is 10.0 Å². The quantitative estimate of drug-likeness (QED) is 0.933. The maximum Gasteiger partial charge on any atom is 0.323 e. The summed E-state index contributed by atoms with van der Waals surface area (Å²) in [6.45, 7) is -0.153. The standard InChI is InChI=1S/C11H8Cl2N2O2/c12-8-3-7(4-9(13)5-8)11-14-1-2-15(11)6-10(16)17/h1-5H,6H2,(H,16,17). The molecule has 0 bridgehead atoms. The van der Waals surface area contributed by atoms with Gasteiger partial charge in [0, 0.05) is 28.0 Å². The number of hydrogen-bond acceptors (Lipinski definition) is 2. The van der Waals surface area contributed by atoms with Gasteiger partial charge in [0.25, 0.3) is 0 Å². The highest BCUT2D eigenvalue weighted by molar-refractivity contribution is 6.35.